The smallest absolute Gasteiger partial charge is 0.296 e. The molecular formula is C12H14N2O4S. The number of nitrogens with two attached hydrogens (primary N) is 1. The van der Waals surface area contributed by atoms with Crippen molar-refractivity contribution in [3.05, 3.63) is 30.9 Å². The molecule has 0 bridgehead atoms. The second-order valence-electron chi connectivity index (χ2n) is 4.41. The van der Waals surface area contributed by atoms with Gasteiger partial charge in [-0.1, -0.05) is 6.08 Å². The molecule has 1 unspecified atom stereocenters. The van der Waals surface area contributed by atoms with Crippen LogP contribution in [0.4, 0.5) is 11.4 Å². The number of benzene rings is 1. The average molecular weight is 282 g/mol. The van der Waals surface area contributed by atoms with Gasteiger partial charge in [0.1, 0.15) is 4.90 Å². The van der Waals surface area contributed by atoms with E-state index in [1.165, 1.54) is 23.1 Å². The quantitative estimate of drug-likeness (QED) is 0.490. The number of rotatable bonds is 3. The predicted molar refractivity (Wildman–Crippen MR) is 71.3 cm³/mol. The van der Waals surface area contributed by atoms with E-state index in [2.05, 4.69) is 6.58 Å². The molecule has 1 aliphatic rings. The Morgan fingerprint density at radius 2 is 2.16 bits per heavy atom. The van der Waals surface area contributed by atoms with E-state index in [-0.39, 0.29) is 28.8 Å². The number of hydrogen-bond acceptors (Lipinski definition) is 4. The van der Waals surface area contributed by atoms with Gasteiger partial charge in [0.05, 0.1) is 5.69 Å². The van der Waals surface area contributed by atoms with Gasteiger partial charge >= 0.3 is 0 Å². The molecule has 0 saturated carbocycles. The molecular weight excluding hydrogens is 268 g/mol. The SMILES string of the molecule is C=CC1CC(=O)N(c2cc(N)ccc2S(=O)(=O)O)C1. The first-order valence-electron chi connectivity index (χ1n) is 5.63. The fourth-order valence-electron chi connectivity index (χ4n) is 2.09. The van der Waals surface area contributed by atoms with E-state index >= 15 is 0 Å². The molecule has 1 heterocycles. The molecule has 1 saturated heterocycles. The van der Waals surface area contributed by atoms with Crippen molar-refractivity contribution in [1.29, 1.82) is 0 Å². The Labute approximate surface area is 111 Å². The summed E-state index contributed by atoms with van der Waals surface area (Å²) in [6, 6.07) is 3.92. The lowest BCUT2D eigenvalue weighted by molar-refractivity contribution is -0.117. The maximum atomic E-state index is 11.9. The lowest BCUT2D eigenvalue weighted by atomic mass is 10.1. The highest BCUT2D eigenvalue weighted by Gasteiger charge is 2.32. The first kappa shape index (κ1) is 13.6. The minimum Gasteiger partial charge on any atom is -0.399 e. The predicted octanol–water partition coefficient (Wildman–Crippen LogP) is 1.05. The van der Waals surface area contributed by atoms with Crippen LogP contribution in [0.1, 0.15) is 6.42 Å². The molecule has 19 heavy (non-hydrogen) atoms. The molecule has 0 aromatic heterocycles. The molecule has 2 rings (SSSR count). The van der Waals surface area contributed by atoms with Gasteiger partial charge in [-0.05, 0) is 18.2 Å². The molecule has 6 nitrogen and oxygen atoms in total. The molecule has 1 aromatic carbocycles. The van der Waals surface area contributed by atoms with Crippen LogP contribution in [-0.4, -0.2) is 25.4 Å². The molecule has 1 fully saturated rings. The Balaban J connectivity index is 2.53. The topological polar surface area (TPSA) is 101 Å². The monoisotopic (exact) mass is 282 g/mol. The van der Waals surface area contributed by atoms with Crippen molar-refractivity contribution < 1.29 is 17.8 Å². The standard InChI is InChI=1S/C12H14N2O4S/c1-2-8-5-12(15)14(7-8)10-6-9(13)3-4-11(10)19(16,17)18/h2-4,6,8H,1,5,7,13H2,(H,16,17,18). The molecule has 0 spiro atoms. The summed E-state index contributed by atoms with van der Waals surface area (Å²) in [6.45, 7) is 3.95. The zero-order valence-corrected chi connectivity index (χ0v) is 10.9. The van der Waals surface area contributed by atoms with Gasteiger partial charge in [0.15, 0.2) is 0 Å². The summed E-state index contributed by atoms with van der Waals surface area (Å²) >= 11 is 0. The summed E-state index contributed by atoms with van der Waals surface area (Å²) in [5.74, 6) is -0.261. The van der Waals surface area contributed by atoms with E-state index in [4.69, 9.17) is 5.73 Å². The van der Waals surface area contributed by atoms with Crippen LogP contribution < -0.4 is 10.6 Å². The number of anilines is 2. The van der Waals surface area contributed by atoms with Gasteiger partial charge in [0, 0.05) is 24.6 Å². The van der Waals surface area contributed by atoms with Crippen molar-refractivity contribution in [3.63, 3.8) is 0 Å². The number of amides is 1. The van der Waals surface area contributed by atoms with E-state index in [1.54, 1.807) is 6.08 Å². The first-order valence-corrected chi connectivity index (χ1v) is 7.07. The second kappa shape index (κ2) is 4.67. The summed E-state index contributed by atoms with van der Waals surface area (Å²) in [7, 11) is -4.41. The van der Waals surface area contributed by atoms with Gasteiger partial charge < -0.3 is 10.6 Å². The zero-order valence-electron chi connectivity index (χ0n) is 10.1. The van der Waals surface area contributed by atoms with E-state index in [1.807, 2.05) is 0 Å². The highest BCUT2D eigenvalue weighted by atomic mass is 32.2. The van der Waals surface area contributed by atoms with Gasteiger partial charge in [-0.2, -0.15) is 8.42 Å². The third-order valence-corrected chi connectivity index (χ3v) is 3.94. The second-order valence-corrected chi connectivity index (χ2v) is 5.80. The van der Waals surface area contributed by atoms with E-state index in [0.29, 0.717) is 12.2 Å². The maximum Gasteiger partial charge on any atom is 0.296 e. The van der Waals surface area contributed by atoms with Crippen LogP contribution in [0, 0.1) is 5.92 Å². The van der Waals surface area contributed by atoms with Crippen LogP contribution in [0.5, 0.6) is 0 Å². The van der Waals surface area contributed by atoms with Crippen LogP contribution in [-0.2, 0) is 14.9 Å². The molecule has 0 aliphatic carbocycles. The lowest BCUT2D eigenvalue weighted by Crippen LogP contribution is -2.26. The summed E-state index contributed by atoms with van der Waals surface area (Å²) in [5, 5.41) is 0. The van der Waals surface area contributed by atoms with Crippen LogP contribution in [0.2, 0.25) is 0 Å². The fraction of sp³-hybridized carbons (Fsp3) is 0.250. The third-order valence-electron chi connectivity index (χ3n) is 3.04. The van der Waals surface area contributed by atoms with E-state index in [9.17, 15) is 17.8 Å². The highest BCUT2D eigenvalue weighted by Crippen LogP contribution is 2.32. The minimum absolute atomic E-state index is 0.0387. The largest absolute Gasteiger partial charge is 0.399 e. The number of nitrogens with zero attached hydrogens (tertiary/aromatic N) is 1. The zero-order chi connectivity index (χ0) is 14.2. The number of nitrogen functional groups attached to an aromatic ring is 1. The Hall–Kier alpha value is -1.86. The third kappa shape index (κ3) is 2.61. The first-order chi connectivity index (χ1) is 8.82. The van der Waals surface area contributed by atoms with Crippen LogP contribution in [0.15, 0.2) is 35.7 Å². The van der Waals surface area contributed by atoms with Gasteiger partial charge in [-0.15, -0.1) is 6.58 Å². The van der Waals surface area contributed by atoms with E-state index < -0.39 is 10.1 Å². The Bertz CT molecular complexity index is 639. The summed E-state index contributed by atoms with van der Waals surface area (Å²) in [6.07, 6.45) is 1.92. The molecule has 7 heteroatoms. The Morgan fingerprint density at radius 1 is 1.47 bits per heavy atom. The maximum absolute atomic E-state index is 11.9. The average Bonchev–Trinajstić information content (AvgIpc) is 2.68. The number of carbonyl (C=O) groups is 1. The van der Waals surface area contributed by atoms with Crippen molar-refractivity contribution in [2.24, 2.45) is 5.92 Å². The molecule has 1 aliphatic heterocycles. The molecule has 1 atom stereocenters. The molecule has 0 radical (unpaired) electrons. The van der Waals surface area contributed by atoms with Crippen molar-refractivity contribution in [1.82, 2.24) is 0 Å². The summed E-state index contributed by atoms with van der Waals surface area (Å²) in [4.78, 5) is 12.9. The minimum atomic E-state index is -4.41. The number of carbonyl (C=O) groups excluding carboxylic acids is 1. The molecule has 3 N–H and O–H groups in total. The van der Waals surface area contributed by atoms with Crippen molar-refractivity contribution in [2.45, 2.75) is 11.3 Å². The Morgan fingerprint density at radius 3 is 2.68 bits per heavy atom. The van der Waals surface area contributed by atoms with Gasteiger partial charge in [0.25, 0.3) is 10.1 Å². The number of hydrogen-bond donors (Lipinski definition) is 2. The van der Waals surface area contributed by atoms with Crippen LogP contribution >= 0.6 is 0 Å². The fourth-order valence-corrected chi connectivity index (χ4v) is 2.76. The molecule has 1 aromatic rings. The van der Waals surface area contributed by atoms with Gasteiger partial charge in [0.2, 0.25) is 5.91 Å². The summed E-state index contributed by atoms with van der Waals surface area (Å²) < 4.78 is 31.9. The Kier molecular flexibility index (Phi) is 3.34. The van der Waals surface area contributed by atoms with E-state index in [0.717, 1.165) is 0 Å². The molecule has 1 amide bonds. The molecule has 102 valence electrons. The lowest BCUT2D eigenvalue weighted by Gasteiger charge is -2.19. The van der Waals surface area contributed by atoms with Crippen LogP contribution in [0.3, 0.4) is 0 Å². The highest BCUT2D eigenvalue weighted by molar-refractivity contribution is 7.86. The normalized spacial score (nSPS) is 19.7. The van der Waals surface area contributed by atoms with Crippen LogP contribution in [0.25, 0.3) is 0 Å². The summed E-state index contributed by atoms with van der Waals surface area (Å²) in [5.41, 5.74) is 6.04. The van der Waals surface area contributed by atoms with Crippen molar-refractivity contribution in [3.8, 4) is 0 Å². The van der Waals surface area contributed by atoms with Crippen molar-refractivity contribution in [2.75, 3.05) is 17.2 Å². The van der Waals surface area contributed by atoms with Gasteiger partial charge in [-0.3, -0.25) is 9.35 Å². The van der Waals surface area contributed by atoms with Crippen molar-refractivity contribution >= 4 is 27.4 Å². The van der Waals surface area contributed by atoms with Gasteiger partial charge in [-0.25, -0.2) is 0 Å².